The second kappa shape index (κ2) is 7.99. The zero-order valence-corrected chi connectivity index (χ0v) is 17.6. The lowest BCUT2D eigenvalue weighted by Gasteiger charge is -2.20. The molecule has 9 heteroatoms. The summed E-state index contributed by atoms with van der Waals surface area (Å²) in [6.45, 7) is 4.20. The van der Waals surface area contributed by atoms with Crippen LogP contribution in [0.15, 0.2) is 49.5 Å². The minimum Gasteiger partial charge on any atom is -0.418 e. The van der Waals surface area contributed by atoms with Gasteiger partial charge in [-0.2, -0.15) is 4.31 Å². The van der Waals surface area contributed by atoms with Gasteiger partial charge in [-0.15, -0.1) is 21.5 Å². The van der Waals surface area contributed by atoms with Crippen LogP contribution in [0, 0.1) is 6.92 Å². The van der Waals surface area contributed by atoms with Gasteiger partial charge in [-0.3, -0.25) is 0 Å². The lowest BCUT2D eigenvalue weighted by molar-refractivity contribution is 0.357. The van der Waals surface area contributed by atoms with E-state index < -0.39 is 10.0 Å². The highest BCUT2D eigenvalue weighted by Crippen LogP contribution is 2.26. The fourth-order valence-corrected chi connectivity index (χ4v) is 4.89. The summed E-state index contributed by atoms with van der Waals surface area (Å²) in [5.41, 5.74) is 0.861. The van der Waals surface area contributed by atoms with Gasteiger partial charge >= 0.3 is 0 Å². The third kappa shape index (κ3) is 4.06. The first-order valence-corrected chi connectivity index (χ1v) is 11.2. The van der Waals surface area contributed by atoms with Gasteiger partial charge in [-0.05, 0) is 48.6 Å². The molecule has 0 unspecified atom stereocenters. The zero-order chi connectivity index (χ0) is 18.7. The van der Waals surface area contributed by atoms with E-state index in [1.54, 1.807) is 18.2 Å². The second-order valence-corrected chi connectivity index (χ2v) is 9.47. The first-order valence-electron chi connectivity index (χ1n) is 8.04. The Labute approximate surface area is 165 Å². The molecule has 0 aliphatic rings. The summed E-state index contributed by atoms with van der Waals surface area (Å²) in [4.78, 5) is 1.11. The second-order valence-electron chi connectivity index (χ2n) is 5.73. The van der Waals surface area contributed by atoms with Crippen LogP contribution in [0.2, 0.25) is 0 Å². The highest BCUT2D eigenvalue weighted by Gasteiger charge is 2.26. The Kier molecular flexibility index (Phi) is 5.91. The Hall–Kier alpha value is -1.55. The number of nitrogens with zero attached hydrogens (tertiary/aromatic N) is 3. The predicted octanol–water partition coefficient (Wildman–Crippen LogP) is 4.47. The molecule has 0 saturated heterocycles. The predicted molar refractivity (Wildman–Crippen MR) is 104 cm³/mol. The molecule has 6 nitrogen and oxygen atoms in total. The summed E-state index contributed by atoms with van der Waals surface area (Å²) in [5.74, 6) is 0.683. The third-order valence-corrected chi connectivity index (χ3v) is 7.34. The maximum Gasteiger partial charge on any atom is 0.257 e. The van der Waals surface area contributed by atoms with Gasteiger partial charge in [0.05, 0.1) is 16.3 Å². The van der Waals surface area contributed by atoms with Gasteiger partial charge in [0.15, 0.2) is 0 Å². The van der Waals surface area contributed by atoms with Gasteiger partial charge in [0.25, 0.3) is 5.89 Å². The Balaban J connectivity index is 1.87. The molecule has 0 aliphatic carbocycles. The van der Waals surface area contributed by atoms with Crippen molar-refractivity contribution in [1.29, 1.82) is 0 Å². The molecule has 2 heterocycles. The van der Waals surface area contributed by atoms with Crippen LogP contribution in [-0.2, 0) is 16.6 Å². The van der Waals surface area contributed by atoms with Crippen molar-refractivity contribution in [1.82, 2.24) is 14.5 Å². The van der Waals surface area contributed by atoms with Gasteiger partial charge in [-0.25, -0.2) is 8.42 Å². The van der Waals surface area contributed by atoms with Gasteiger partial charge in [0.2, 0.25) is 15.9 Å². The fraction of sp³-hybridized carbons (Fsp3) is 0.294. The molecule has 0 radical (unpaired) electrons. The molecule has 0 fully saturated rings. The summed E-state index contributed by atoms with van der Waals surface area (Å²) in [7, 11) is -3.66. The number of halogens is 1. The quantitative estimate of drug-likeness (QED) is 0.525. The number of aromatic nitrogens is 2. The number of sulfonamides is 1. The van der Waals surface area contributed by atoms with Crippen molar-refractivity contribution in [3.05, 3.63) is 51.6 Å². The molecule has 0 spiro atoms. The van der Waals surface area contributed by atoms with Crippen LogP contribution < -0.4 is 0 Å². The normalized spacial score (nSPS) is 12.0. The summed E-state index contributed by atoms with van der Waals surface area (Å²) in [6, 6.07) is 8.78. The number of aryl methyl sites for hydroxylation is 1. The van der Waals surface area contributed by atoms with Crippen molar-refractivity contribution in [3.63, 3.8) is 0 Å². The van der Waals surface area contributed by atoms with Crippen molar-refractivity contribution < 1.29 is 12.8 Å². The van der Waals surface area contributed by atoms with Gasteiger partial charge < -0.3 is 4.42 Å². The highest BCUT2D eigenvalue weighted by atomic mass is 79.9. The number of thiophene rings is 1. The molecule has 0 atom stereocenters. The van der Waals surface area contributed by atoms with Crippen LogP contribution in [0.4, 0.5) is 0 Å². The van der Waals surface area contributed by atoms with Crippen molar-refractivity contribution in [2.75, 3.05) is 6.54 Å². The summed E-state index contributed by atoms with van der Waals surface area (Å²) in [6.07, 6.45) is 0.681. The fourth-order valence-electron chi connectivity index (χ4n) is 2.43. The summed E-state index contributed by atoms with van der Waals surface area (Å²) >= 11 is 4.89. The van der Waals surface area contributed by atoms with E-state index in [0.29, 0.717) is 18.9 Å². The topological polar surface area (TPSA) is 76.3 Å². The standard InChI is InChI=1S/C17H18BrN3O3S2/c1-3-8-21(26(22,23)13-6-7-14(18)12(2)10-13)11-16-19-20-17(24-16)15-5-4-9-25-15/h4-7,9-10H,3,8,11H2,1-2H3. The minimum absolute atomic E-state index is 0.0453. The molecule has 0 bridgehead atoms. The van der Waals surface area contributed by atoms with E-state index in [9.17, 15) is 8.42 Å². The Bertz CT molecular complexity index is 985. The average Bonchev–Trinajstić information content (AvgIpc) is 3.28. The molecule has 0 amide bonds. The molecular weight excluding hydrogens is 438 g/mol. The molecule has 0 N–H and O–H groups in total. The van der Waals surface area contributed by atoms with E-state index >= 15 is 0 Å². The number of benzene rings is 1. The highest BCUT2D eigenvalue weighted by molar-refractivity contribution is 9.10. The van der Waals surface area contributed by atoms with Gasteiger partial charge in [0.1, 0.15) is 0 Å². The molecular formula is C17H18BrN3O3S2. The number of rotatable bonds is 7. The Morgan fingerprint density at radius 1 is 1.27 bits per heavy atom. The minimum atomic E-state index is -3.66. The van der Waals surface area contributed by atoms with E-state index in [-0.39, 0.29) is 17.3 Å². The number of hydrogen-bond acceptors (Lipinski definition) is 6. The molecule has 3 aromatic rings. The maximum absolute atomic E-state index is 13.0. The first-order chi connectivity index (χ1) is 12.4. The van der Waals surface area contributed by atoms with E-state index in [1.165, 1.54) is 15.6 Å². The molecule has 2 aromatic heterocycles. The Morgan fingerprint density at radius 2 is 2.08 bits per heavy atom. The molecule has 1 aromatic carbocycles. The monoisotopic (exact) mass is 455 g/mol. The molecule has 0 saturated carbocycles. The summed E-state index contributed by atoms with van der Waals surface area (Å²) < 4.78 is 34.0. The zero-order valence-electron chi connectivity index (χ0n) is 14.3. The van der Waals surface area contributed by atoms with Gasteiger partial charge in [-0.1, -0.05) is 28.9 Å². The van der Waals surface area contributed by atoms with Crippen molar-refractivity contribution >= 4 is 37.3 Å². The van der Waals surface area contributed by atoms with Crippen LogP contribution in [-0.4, -0.2) is 29.5 Å². The lowest BCUT2D eigenvalue weighted by atomic mass is 10.2. The van der Waals surface area contributed by atoms with Crippen LogP contribution in [0.3, 0.4) is 0 Å². The lowest BCUT2D eigenvalue weighted by Crippen LogP contribution is -2.31. The van der Waals surface area contributed by atoms with Gasteiger partial charge in [0, 0.05) is 11.0 Å². The van der Waals surface area contributed by atoms with Crippen LogP contribution in [0.5, 0.6) is 0 Å². The SMILES string of the molecule is CCCN(Cc1nnc(-c2cccs2)o1)S(=O)(=O)c1ccc(Br)c(C)c1. The maximum atomic E-state index is 13.0. The van der Waals surface area contributed by atoms with E-state index in [4.69, 9.17) is 4.42 Å². The largest absolute Gasteiger partial charge is 0.418 e. The van der Waals surface area contributed by atoms with Crippen molar-refractivity contribution in [2.24, 2.45) is 0 Å². The van der Waals surface area contributed by atoms with Crippen LogP contribution in [0.1, 0.15) is 24.8 Å². The Morgan fingerprint density at radius 3 is 2.73 bits per heavy atom. The van der Waals surface area contributed by atoms with Crippen LogP contribution in [0.25, 0.3) is 10.8 Å². The average molecular weight is 456 g/mol. The first kappa shape index (κ1) is 19.2. The van der Waals surface area contributed by atoms with E-state index in [2.05, 4.69) is 26.1 Å². The molecule has 138 valence electrons. The van der Waals surface area contributed by atoms with E-state index in [1.807, 2.05) is 31.4 Å². The summed E-state index contributed by atoms with van der Waals surface area (Å²) in [5, 5.41) is 9.95. The smallest absolute Gasteiger partial charge is 0.257 e. The van der Waals surface area contributed by atoms with Crippen LogP contribution >= 0.6 is 27.3 Å². The third-order valence-electron chi connectivity index (χ3n) is 3.75. The van der Waals surface area contributed by atoms with Crippen molar-refractivity contribution in [2.45, 2.75) is 31.7 Å². The molecule has 3 rings (SSSR count). The van der Waals surface area contributed by atoms with Crippen molar-refractivity contribution in [3.8, 4) is 10.8 Å². The number of hydrogen-bond donors (Lipinski definition) is 0. The molecule has 0 aliphatic heterocycles. The van der Waals surface area contributed by atoms with E-state index in [0.717, 1.165) is 14.9 Å². The molecule has 26 heavy (non-hydrogen) atoms.